The largest absolute Gasteiger partial charge is 0.460 e. The standard InChI is InChI=1S/C18H19NO4/c1-11-4-5-12(2)19(11)15-8-6-14(7-9-15)17(20)23-16-10-13(3)22-18(16)21/h4-9,13,16H,10H2,1-3H3. The Kier molecular flexibility index (Phi) is 3.94. The number of hydrogen-bond donors (Lipinski definition) is 0. The lowest BCUT2D eigenvalue weighted by Gasteiger charge is -2.11. The topological polar surface area (TPSA) is 57.5 Å². The summed E-state index contributed by atoms with van der Waals surface area (Å²) in [5.41, 5.74) is 3.65. The van der Waals surface area contributed by atoms with Crippen LogP contribution in [0.1, 0.15) is 35.1 Å². The van der Waals surface area contributed by atoms with Crippen molar-refractivity contribution in [1.82, 2.24) is 4.57 Å². The van der Waals surface area contributed by atoms with Crippen LogP contribution in [0.4, 0.5) is 0 Å². The fourth-order valence-electron chi connectivity index (χ4n) is 2.84. The van der Waals surface area contributed by atoms with Crippen molar-refractivity contribution in [3.63, 3.8) is 0 Å². The van der Waals surface area contributed by atoms with E-state index in [4.69, 9.17) is 9.47 Å². The first-order valence-electron chi connectivity index (χ1n) is 7.62. The van der Waals surface area contributed by atoms with Gasteiger partial charge in [0.15, 0.2) is 0 Å². The van der Waals surface area contributed by atoms with Crippen LogP contribution in [0.5, 0.6) is 0 Å². The van der Waals surface area contributed by atoms with Gasteiger partial charge in [0, 0.05) is 23.5 Å². The molecule has 1 aromatic carbocycles. The minimum Gasteiger partial charge on any atom is -0.460 e. The summed E-state index contributed by atoms with van der Waals surface area (Å²) in [6.07, 6.45) is -0.599. The van der Waals surface area contributed by atoms with E-state index in [2.05, 4.69) is 4.57 Å². The zero-order valence-electron chi connectivity index (χ0n) is 13.4. The summed E-state index contributed by atoms with van der Waals surface area (Å²) >= 11 is 0. The van der Waals surface area contributed by atoms with Gasteiger partial charge in [-0.2, -0.15) is 0 Å². The molecule has 2 unspecified atom stereocenters. The highest BCUT2D eigenvalue weighted by Gasteiger charge is 2.35. The Morgan fingerprint density at radius 1 is 1.13 bits per heavy atom. The van der Waals surface area contributed by atoms with Crippen LogP contribution in [0.3, 0.4) is 0 Å². The van der Waals surface area contributed by atoms with Crippen LogP contribution in [0.25, 0.3) is 5.69 Å². The van der Waals surface area contributed by atoms with E-state index in [1.54, 1.807) is 19.1 Å². The summed E-state index contributed by atoms with van der Waals surface area (Å²) in [6.45, 7) is 5.84. The maximum Gasteiger partial charge on any atom is 0.347 e. The van der Waals surface area contributed by atoms with Crippen molar-refractivity contribution in [1.29, 1.82) is 0 Å². The summed E-state index contributed by atoms with van der Waals surface area (Å²) in [5.74, 6) is -0.977. The van der Waals surface area contributed by atoms with Crippen LogP contribution >= 0.6 is 0 Å². The Labute approximate surface area is 134 Å². The highest BCUT2D eigenvalue weighted by molar-refractivity contribution is 5.92. The summed E-state index contributed by atoms with van der Waals surface area (Å²) < 4.78 is 12.3. The molecule has 23 heavy (non-hydrogen) atoms. The van der Waals surface area contributed by atoms with Gasteiger partial charge in [0.2, 0.25) is 6.10 Å². The van der Waals surface area contributed by atoms with Crippen LogP contribution in [-0.2, 0) is 14.3 Å². The van der Waals surface area contributed by atoms with Gasteiger partial charge in [0.25, 0.3) is 0 Å². The van der Waals surface area contributed by atoms with Gasteiger partial charge in [-0.3, -0.25) is 0 Å². The minimum absolute atomic E-state index is 0.206. The van der Waals surface area contributed by atoms with E-state index >= 15 is 0 Å². The highest BCUT2D eigenvalue weighted by Crippen LogP contribution is 2.20. The molecule has 1 fully saturated rings. The molecule has 0 saturated carbocycles. The van der Waals surface area contributed by atoms with Gasteiger partial charge in [0.1, 0.15) is 6.10 Å². The highest BCUT2D eigenvalue weighted by atomic mass is 16.6. The zero-order chi connectivity index (χ0) is 16.6. The first-order chi connectivity index (χ1) is 11.0. The lowest BCUT2D eigenvalue weighted by Crippen LogP contribution is -2.22. The Balaban J connectivity index is 1.75. The maximum atomic E-state index is 12.1. The molecule has 1 saturated heterocycles. The summed E-state index contributed by atoms with van der Waals surface area (Å²) in [6, 6.07) is 11.2. The molecule has 5 nitrogen and oxygen atoms in total. The van der Waals surface area contributed by atoms with Crippen LogP contribution in [0.15, 0.2) is 36.4 Å². The van der Waals surface area contributed by atoms with E-state index < -0.39 is 18.0 Å². The summed E-state index contributed by atoms with van der Waals surface area (Å²) in [5, 5.41) is 0. The third-order valence-corrected chi connectivity index (χ3v) is 4.01. The van der Waals surface area contributed by atoms with E-state index in [0.717, 1.165) is 17.1 Å². The van der Waals surface area contributed by atoms with Crippen LogP contribution in [0.2, 0.25) is 0 Å². The zero-order valence-corrected chi connectivity index (χ0v) is 13.4. The van der Waals surface area contributed by atoms with Crippen molar-refractivity contribution < 1.29 is 19.1 Å². The molecule has 0 aliphatic carbocycles. The molecule has 3 rings (SSSR count). The first-order valence-corrected chi connectivity index (χ1v) is 7.62. The molecule has 2 aromatic rings. The number of carbonyl (C=O) groups excluding carboxylic acids is 2. The van der Waals surface area contributed by atoms with Crippen LogP contribution in [-0.4, -0.2) is 28.7 Å². The molecular weight excluding hydrogens is 294 g/mol. The number of benzene rings is 1. The van der Waals surface area contributed by atoms with Crippen molar-refractivity contribution in [2.75, 3.05) is 0 Å². The molecule has 0 N–H and O–H groups in total. The van der Waals surface area contributed by atoms with E-state index in [0.29, 0.717) is 12.0 Å². The van der Waals surface area contributed by atoms with Crippen molar-refractivity contribution >= 4 is 11.9 Å². The van der Waals surface area contributed by atoms with E-state index in [1.165, 1.54) is 0 Å². The lowest BCUT2D eigenvalue weighted by atomic mass is 10.2. The molecule has 0 spiro atoms. The Morgan fingerprint density at radius 2 is 1.74 bits per heavy atom. The number of carbonyl (C=O) groups is 2. The maximum absolute atomic E-state index is 12.1. The Hall–Kier alpha value is -2.56. The van der Waals surface area contributed by atoms with Crippen molar-refractivity contribution in [2.45, 2.75) is 39.4 Å². The number of hydrogen-bond acceptors (Lipinski definition) is 4. The molecule has 2 heterocycles. The van der Waals surface area contributed by atoms with Gasteiger partial charge in [-0.1, -0.05) is 0 Å². The molecule has 5 heteroatoms. The first kappa shape index (κ1) is 15.3. The molecule has 2 atom stereocenters. The number of aromatic nitrogens is 1. The van der Waals surface area contributed by atoms with Crippen LogP contribution in [0, 0.1) is 13.8 Å². The fourth-order valence-corrected chi connectivity index (χ4v) is 2.84. The molecule has 0 amide bonds. The van der Waals surface area contributed by atoms with Gasteiger partial charge < -0.3 is 14.0 Å². The van der Waals surface area contributed by atoms with Gasteiger partial charge in [-0.05, 0) is 57.2 Å². The summed E-state index contributed by atoms with van der Waals surface area (Å²) in [7, 11) is 0. The van der Waals surface area contributed by atoms with Gasteiger partial charge >= 0.3 is 11.9 Å². The average molecular weight is 313 g/mol. The monoisotopic (exact) mass is 313 g/mol. The molecule has 0 radical (unpaired) electrons. The number of ether oxygens (including phenoxy) is 2. The van der Waals surface area contributed by atoms with Gasteiger partial charge in [0.05, 0.1) is 5.56 Å². The number of aryl methyl sites for hydroxylation is 2. The quantitative estimate of drug-likeness (QED) is 0.818. The fraction of sp³-hybridized carbons (Fsp3) is 0.333. The lowest BCUT2D eigenvalue weighted by molar-refractivity contribution is -0.147. The van der Waals surface area contributed by atoms with Crippen LogP contribution < -0.4 is 0 Å². The summed E-state index contributed by atoms with van der Waals surface area (Å²) in [4.78, 5) is 23.7. The van der Waals surface area contributed by atoms with E-state index in [-0.39, 0.29) is 6.10 Å². The van der Waals surface area contributed by atoms with Crippen molar-refractivity contribution in [3.8, 4) is 5.69 Å². The van der Waals surface area contributed by atoms with Crippen molar-refractivity contribution in [2.24, 2.45) is 0 Å². The number of esters is 2. The smallest absolute Gasteiger partial charge is 0.347 e. The minimum atomic E-state index is -0.800. The SMILES string of the molecule is Cc1ccc(C)n1-c1ccc(C(=O)OC2CC(C)OC2=O)cc1. The second-order valence-electron chi connectivity index (χ2n) is 5.88. The third kappa shape index (κ3) is 2.99. The molecule has 1 aliphatic rings. The van der Waals surface area contributed by atoms with Gasteiger partial charge in [-0.25, -0.2) is 9.59 Å². The molecule has 120 valence electrons. The third-order valence-electron chi connectivity index (χ3n) is 4.01. The Morgan fingerprint density at radius 3 is 2.26 bits per heavy atom. The molecular formula is C18H19NO4. The predicted octanol–water partition coefficient (Wildman–Crippen LogP) is 2.95. The second-order valence-corrected chi connectivity index (χ2v) is 5.88. The molecule has 0 bridgehead atoms. The average Bonchev–Trinajstić information content (AvgIpc) is 3.01. The van der Waals surface area contributed by atoms with E-state index in [1.807, 2.05) is 38.1 Å². The number of rotatable bonds is 3. The predicted molar refractivity (Wildman–Crippen MR) is 84.6 cm³/mol. The van der Waals surface area contributed by atoms with Gasteiger partial charge in [-0.15, -0.1) is 0 Å². The van der Waals surface area contributed by atoms with Crippen molar-refractivity contribution in [3.05, 3.63) is 53.3 Å². The normalized spacial score (nSPS) is 20.4. The Bertz CT molecular complexity index is 725. The molecule has 1 aromatic heterocycles. The number of cyclic esters (lactones) is 1. The molecule has 1 aliphatic heterocycles. The number of nitrogens with zero attached hydrogens (tertiary/aromatic N) is 1. The second kappa shape index (κ2) is 5.91. The van der Waals surface area contributed by atoms with E-state index in [9.17, 15) is 9.59 Å².